The number of aromatic hydroxyl groups is 1. The van der Waals surface area contributed by atoms with Crippen LogP contribution in [-0.2, 0) is 0 Å². The fourth-order valence-corrected chi connectivity index (χ4v) is 3.28. The Labute approximate surface area is 151 Å². The first-order valence-corrected chi connectivity index (χ1v) is 8.37. The summed E-state index contributed by atoms with van der Waals surface area (Å²) < 4.78 is 10.7. The van der Waals surface area contributed by atoms with Crippen molar-refractivity contribution in [1.29, 1.82) is 0 Å². The molecule has 3 aromatic rings. The number of hydrogen-bond acceptors (Lipinski definition) is 5. The van der Waals surface area contributed by atoms with Gasteiger partial charge in [-0.15, -0.1) is 0 Å². The van der Waals surface area contributed by atoms with Gasteiger partial charge < -0.3 is 20.0 Å². The van der Waals surface area contributed by atoms with E-state index in [0.717, 1.165) is 39.1 Å². The summed E-state index contributed by atoms with van der Waals surface area (Å²) in [6.07, 6.45) is 2.05. The molecule has 0 bridgehead atoms. The average Bonchev–Trinajstić information content (AvgIpc) is 3.17. The summed E-state index contributed by atoms with van der Waals surface area (Å²) in [5.41, 5.74) is 9.08. The molecule has 4 rings (SSSR count). The predicted octanol–water partition coefficient (Wildman–Crippen LogP) is 3.75. The summed E-state index contributed by atoms with van der Waals surface area (Å²) in [6, 6.07) is 17.3. The van der Waals surface area contributed by atoms with Crippen LogP contribution >= 0.6 is 0 Å². The molecule has 0 spiro atoms. The summed E-state index contributed by atoms with van der Waals surface area (Å²) >= 11 is 0. The van der Waals surface area contributed by atoms with Crippen LogP contribution in [0, 0.1) is 0 Å². The van der Waals surface area contributed by atoms with Crippen molar-refractivity contribution in [2.24, 2.45) is 0 Å². The van der Waals surface area contributed by atoms with Gasteiger partial charge in [0.15, 0.2) is 0 Å². The highest BCUT2D eigenvalue weighted by Gasteiger charge is 2.22. The van der Waals surface area contributed by atoms with E-state index < -0.39 is 0 Å². The van der Waals surface area contributed by atoms with Crippen LogP contribution in [0.1, 0.15) is 17.2 Å². The van der Waals surface area contributed by atoms with Gasteiger partial charge in [0.2, 0.25) is 0 Å². The van der Waals surface area contributed by atoms with E-state index in [2.05, 4.69) is 16.9 Å². The number of phenols is 1. The van der Waals surface area contributed by atoms with Crippen LogP contribution in [0.25, 0.3) is 16.5 Å². The van der Waals surface area contributed by atoms with Crippen molar-refractivity contribution in [2.75, 3.05) is 14.2 Å². The topological polar surface area (TPSA) is 62.8 Å². The van der Waals surface area contributed by atoms with Crippen molar-refractivity contribution in [3.63, 3.8) is 0 Å². The number of phenolic OH excluding ortho intramolecular Hbond substituents is 1. The lowest BCUT2D eigenvalue weighted by atomic mass is 9.99. The Morgan fingerprint density at radius 1 is 0.923 bits per heavy atom. The molecule has 26 heavy (non-hydrogen) atoms. The number of rotatable bonds is 4. The molecule has 0 saturated carbocycles. The average molecular weight is 348 g/mol. The Morgan fingerprint density at radius 2 is 1.65 bits per heavy atom. The number of ether oxygens (including phenoxy) is 2. The van der Waals surface area contributed by atoms with Crippen LogP contribution in [-0.4, -0.2) is 19.3 Å². The van der Waals surface area contributed by atoms with E-state index >= 15 is 0 Å². The molecule has 5 heteroatoms. The largest absolute Gasteiger partial charge is 0.507 e. The van der Waals surface area contributed by atoms with E-state index in [4.69, 9.17) is 9.47 Å². The summed E-state index contributed by atoms with van der Waals surface area (Å²) in [5, 5.41) is 12.5. The molecule has 1 unspecified atom stereocenters. The number of fused-ring (bicyclic) bond motifs is 1. The van der Waals surface area contributed by atoms with Gasteiger partial charge in [-0.1, -0.05) is 30.3 Å². The van der Waals surface area contributed by atoms with Crippen molar-refractivity contribution in [1.82, 2.24) is 10.9 Å². The van der Waals surface area contributed by atoms with Crippen LogP contribution in [0.3, 0.4) is 0 Å². The molecule has 1 aliphatic heterocycles. The number of hydrogen-bond donors (Lipinski definition) is 3. The molecule has 3 aromatic carbocycles. The molecule has 0 aromatic heterocycles. The summed E-state index contributed by atoms with van der Waals surface area (Å²) in [5.74, 6) is 1.71. The number of hydrazine groups is 1. The molecular formula is C21H20N2O3. The fraction of sp³-hybridized carbons (Fsp3) is 0.143. The monoisotopic (exact) mass is 348 g/mol. The van der Waals surface area contributed by atoms with Crippen LogP contribution in [0.15, 0.2) is 60.7 Å². The molecular weight excluding hydrogens is 328 g/mol. The van der Waals surface area contributed by atoms with Gasteiger partial charge in [0.1, 0.15) is 17.2 Å². The third-order valence-corrected chi connectivity index (χ3v) is 4.60. The second-order valence-electron chi connectivity index (χ2n) is 6.15. The van der Waals surface area contributed by atoms with Gasteiger partial charge in [-0.2, -0.15) is 0 Å². The molecule has 1 atom stereocenters. The van der Waals surface area contributed by atoms with Gasteiger partial charge in [0.25, 0.3) is 0 Å². The highest BCUT2D eigenvalue weighted by atomic mass is 16.5. The zero-order chi connectivity index (χ0) is 18.1. The molecule has 5 nitrogen and oxygen atoms in total. The molecule has 0 fully saturated rings. The van der Waals surface area contributed by atoms with Gasteiger partial charge in [-0.05, 0) is 40.6 Å². The number of nitrogens with one attached hydrogen (secondary N) is 2. The van der Waals surface area contributed by atoms with E-state index in [0.29, 0.717) is 0 Å². The molecule has 0 aliphatic carbocycles. The predicted molar refractivity (Wildman–Crippen MR) is 102 cm³/mol. The number of methoxy groups -OCH3 is 2. The first-order valence-electron chi connectivity index (χ1n) is 8.37. The van der Waals surface area contributed by atoms with Crippen LogP contribution < -0.4 is 20.3 Å². The summed E-state index contributed by atoms with van der Waals surface area (Å²) in [6.45, 7) is 0. The summed E-state index contributed by atoms with van der Waals surface area (Å²) in [4.78, 5) is 0. The Kier molecular flexibility index (Phi) is 4.14. The van der Waals surface area contributed by atoms with Gasteiger partial charge >= 0.3 is 0 Å². The Hall–Kier alpha value is -3.18. The molecule has 0 amide bonds. The minimum absolute atomic E-state index is 0.0765. The quantitative estimate of drug-likeness (QED) is 0.670. The van der Waals surface area contributed by atoms with Crippen molar-refractivity contribution in [3.8, 4) is 17.2 Å². The zero-order valence-electron chi connectivity index (χ0n) is 14.6. The maximum absolute atomic E-state index is 10.4. The Bertz CT molecular complexity index is 975. The van der Waals surface area contributed by atoms with Crippen LogP contribution in [0.5, 0.6) is 17.2 Å². The number of benzene rings is 3. The van der Waals surface area contributed by atoms with Crippen molar-refractivity contribution < 1.29 is 14.6 Å². The maximum atomic E-state index is 10.4. The first kappa shape index (κ1) is 16.3. The van der Waals surface area contributed by atoms with Crippen molar-refractivity contribution >= 4 is 16.5 Å². The second-order valence-corrected chi connectivity index (χ2v) is 6.15. The fourth-order valence-electron chi connectivity index (χ4n) is 3.28. The highest BCUT2D eigenvalue weighted by Crippen LogP contribution is 2.36. The first-order chi connectivity index (χ1) is 12.7. The molecule has 1 heterocycles. The van der Waals surface area contributed by atoms with Gasteiger partial charge in [0.05, 0.1) is 26.0 Å². The minimum Gasteiger partial charge on any atom is -0.507 e. The lowest BCUT2D eigenvalue weighted by Gasteiger charge is -2.13. The standard InChI is InChI=1S/C21H20N2O3/c1-25-15-9-14(10-16(11-15)26-2)18-12-19(23-22-18)21-17-6-4-3-5-13(17)7-8-20(21)24/h3-12,18,22-24H,1-2H3. The molecule has 3 N–H and O–H groups in total. The Balaban J connectivity index is 1.77. The third-order valence-electron chi connectivity index (χ3n) is 4.60. The molecule has 0 radical (unpaired) electrons. The van der Waals surface area contributed by atoms with Gasteiger partial charge in [-0.3, -0.25) is 0 Å². The lowest BCUT2D eigenvalue weighted by Crippen LogP contribution is -2.26. The van der Waals surface area contributed by atoms with Gasteiger partial charge in [0, 0.05) is 11.6 Å². The van der Waals surface area contributed by atoms with Crippen LogP contribution in [0.4, 0.5) is 0 Å². The molecule has 1 aliphatic rings. The third kappa shape index (κ3) is 2.82. The van der Waals surface area contributed by atoms with E-state index in [1.165, 1.54) is 0 Å². The maximum Gasteiger partial charge on any atom is 0.125 e. The SMILES string of the molecule is COc1cc(OC)cc(C2C=C(c3c(O)ccc4ccccc34)NN2)c1. The Morgan fingerprint density at radius 3 is 2.38 bits per heavy atom. The smallest absolute Gasteiger partial charge is 0.125 e. The van der Waals surface area contributed by atoms with Crippen molar-refractivity contribution in [3.05, 3.63) is 71.8 Å². The van der Waals surface area contributed by atoms with E-state index in [-0.39, 0.29) is 11.8 Å². The summed E-state index contributed by atoms with van der Waals surface area (Å²) in [7, 11) is 3.27. The van der Waals surface area contributed by atoms with E-state index in [1.807, 2.05) is 48.5 Å². The normalized spacial score (nSPS) is 16.2. The molecule has 0 saturated heterocycles. The van der Waals surface area contributed by atoms with E-state index in [1.54, 1.807) is 20.3 Å². The minimum atomic E-state index is -0.0765. The zero-order valence-corrected chi connectivity index (χ0v) is 14.6. The van der Waals surface area contributed by atoms with Crippen molar-refractivity contribution in [2.45, 2.75) is 6.04 Å². The van der Waals surface area contributed by atoms with Gasteiger partial charge in [-0.25, -0.2) is 5.43 Å². The van der Waals surface area contributed by atoms with E-state index in [9.17, 15) is 5.11 Å². The molecule has 132 valence electrons. The second kappa shape index (κ2) is 6.61. The lowest BCUT2D eigenvalue weighted by molar-refractivity contribution is 0.392. The highest BCUT2D eigenvalue weighted by molar-refractivity contribution is 5.96. The van der Waals surface area contributed by atoms with Crippen LogP contribution in [0.2, 0.25) is 0 Å².